The largest absolute Gasteiger partial charge is 0.487 e. The second kappa shape index (κ2) is 8.55. The summed E-state index contributed by atoms with van der Waals surface area (Å²) < 4.78 is 81.5. The van der Waals surface area contributed by atoms with E-state index in [1.807, 2.05) is 18.2 Å². The van der Waals surface area contributed by atoms with E-state index in [1.165, 1.54) is 30.3 Å². The number of hydrogen-bond acceptors (Lipinski definition) is 2. The molecule has 0 aliphatic heterocycles. The molecule has 1 unspecified atom stereocenters. The Kier molecular flexibility index (Phi) is 6.26. The summed E-state index contributed by atoms with van der Waals surface area (Å²) in [6.07, 6.45) is -5.31. The molecule has 3 aromatic rings. The summed E-state index contributed by atoms with van der Waals surface area (Å²) in [4.78, 5) is 0. The summed E-state index contributed by atoms with van der Waals surface area (Å²) >= 11 is 0. The zero-order chi connectivity index (χ0) is 21.9. The second-order valence-electron chi connectivity index (χ2n) is 6.99. The van der Waals surface area contributed by atoms with E-state index in [4.69, 9.17) is 10.5 Å². The average molecular weight is 427 g/mol. The predicted molar refractivity (Wildman–Crippen MR) is 102 cm³/mol. The molecular formula is C22H19F6NO. The Morgan fingerprint density at radius 2 is 1.63 bits per heavy atom. The zero-order valence-electron chi connectivity index (χ0n) is 15.7. The molecular weight excluding hydrogens is 408 g/mol. The first-order valence-electron chi connectivity index (χ1n) is 9.15. The summed E-state index contributed by atoms with van der Waals surface area (Å²) in [7, 11) is 0. The maximum Gasteiger partial charge on any atom is 0.456 e. The Balaban J connectivity index is 1.81. The van der Waals surface area contributed by atoms with Crippen LogP contribution in [-0.4, -0.2) is 25.3 Å². The first-order valence-corrected chi connectivity index (χ1v) is 9.15. The molecule has 0 saturated carbocycles. The molecule has 0 radical (unpaired) electrons. The average Bonchev–Trinajstić information content (AvgIpc) is 2.70. The molecule has 0 saturated heterocycles. The fraction of sp³-hybridized carbons (Fsp3) is 0.273. The van der Waals surface area contributed by atoms with E-state index < -0.39 is 18.7 Å². The minimum absolute atomic E-state index is 0.101. The maximum absolute atomic E-state index is 13.7. The van der Waals surface area contributed by atoms with E-state index in [1.54, 1.807) is 12.1 Å². The fourth-order valence-corrected chi connectivity index (χ4v) is 3.25. The van der Waals surface area contributed by atoms with Gasteiger partial charge in [-0.15, -0.1) is 0 Å². The molecule has 30 heavy (non-hydrogen) atoms. The maximum atomic E-state index is 13.7. The molecule has 0 spiro atoms. The number of rotatable bonds is 7. The van der Waals surface area contributed by atoms with Crippen LogP contribution in [0.25, 0.3) is 10.8 Å². The highest BCUT2D eigenvalue weighted by atomic mass is 19.4. The predicted octanol–water partition coefficient (Wildman–Crippen LogP) is 5.84. The third-order valence-corrected chi connectivity index (χ3v) is 4.82. The Morgan fingerprint density at radius 3 is 2.33 bits per heavy atom. The van der Waals surface area contributed by atoms with Crippen molar-refractivity contribution >= 4 is 10.8 Å². The minimum Gasteiger partial charge on any atom is -0.487 e. The molecule has 2 N–H and O–H groups in total. The Bertz CT molecular complexity index is 1020. The van der Waals surface area contributed by atoms with Crippen molar-refractivity contribution in [1.29, 1.82) is 0 Å². The molecule has 0 heterocycles. The quantitative estimate of drug-likeness (QED) is 0.481. The standard InChI is InChI=1S/C22H19F6NO/c23-17-8-7-15-4-2-6-19(20(15)11-17)16(12-29)9-14-3-1-5-18(10-14)30-13-21(24,25)22(26,27)28/h1-8,10-11,16H,9,12-13,29H2. The summed E-state index contributed by atoms with van der Waals surface area (Å²) in [5.41, 5.74) is 7.40. The lowest BCUT2D eigenvalue weighted by Crippen LogP contribution is -2.41. The van der Waals surface area contributed by atoms with Crippen LogP contribution in [0.3, 0.4) is 0 Å². The van der Waals surface area contributed by atoms with Crippen molar-refractivity contribution in [2.24, 2.45) is 5.73 Å². The van der Waals surface area contributed by atoms with Gasteiger partial charge in [0.2, 0.25) is 0 Å². The SMILES string of the molecule is NCC(Cc1cccc(OCC(F)(F)C(F)(F)F)c1)c1cccc2ccc(F)cc12. The number of nitrogens with two attached hydrogens (primary N) is 1. The van der Waals surface area contributed by atoms with Crippen LogP contribution in [0.15, 0.2) is 60.7 Å². The Hall–Kier alpha value is -2.74. The molecule has 160 valence electrons. The van der Waals surface area contributed by atoms with Gasteiger partial charge in [-0.25, -0.2) is 4.39 Å². The van der Waals surface area contributed by atoms with Crippen LogP contribution in [-0.2, 0) is 6.42 Å². The van der Waals surface area contributed by atoms with E-state index in [9.17, 15) is 26.3 Å². The smallest absolute Gasteiger partial charge is 0.456 e. The van der Waals surface area contributed by atoms with Gasteiger partial charge in [0.25, 0.3) is 0 Å². The molecule has 0 bridgehead atoms. The minimum atomic E-state index is -5.68. The van der Waals surface area contributed by atoms with Crippen molar-refractivity contribution in [3.63, 3.8) is 0 Å². The Labute approximate surface area is 169 Å². The van der Waals surface area contributed by atoms with Crippen molar-refractivity contribution in [1.82, 2.24) is 0 Å². The monoisotopic (exact) mass is 427 g/mol. The molecule has 0 fully saturated rings. The molecule has 8 heteroatoms. The first-order chi connectivity index (χ1) is 14.1. The van der Waals surface area contributed by atoms with Crippen LogP contribution < -0.4 is 10.5 Å². The normalized spacial score (nSPS) is 13.4. The molecule has 0 aromatic heterocycles. The number of halogens is 6. The van der Waals surface area contributed by atoms with E-state index in [2.05, 4.69) is 0 Å². The van der Waals surface area contributed by atoms with E-state index in [-0.39, 0.29) is 24.0 Å². The van der Waals surface area contributed by atoms with Gasteiger partial charge in [-0.1, -0.05) is 36.4 Å². The molecule has 2 nitrogen and oxygen atoms in total. The van der Waals surface area contributed by atoms with Gasteiger partial charge in [-0.3, -0.25) is 0 Å². The summed E-state index contributed by atoms with van der Waals surface area (Å²) in [6, 6.07) is 15.9. The number of alkyl halides is 5. The lowest BCUT2D eigenvalue weighted by atomic mass is 9.88. The van der Waals surface area contributed by atoms with Crippen LogP contribution >= 0.6 is 0 Å². The highest BCUT2D eigenvalue weighted by molar-refractivity contribution is 5.86. The van der Waals surface area contributed by atoms with E-state index >= 15 is 0 Å². The van der Waals surface area contributed by atoms with Crippen molar-refractivity contribution in [3.05, 3.63) is 77.6 Å². The van der Waals surface area contributed by atoms with Gasteiger partial charge in [0.15, 0.2) is 6.61 Å². The Morgan fingerprint density at radius 1 is 0.900 bits per heavy atom. The van der Waals surface area contributed by atoms with E-state index in [0.29, 0.717) is 17.4 Å². The fourth-order valence-electron chi connectivity index (χ4n) is 3.25. The number of benzene rings is 3. The molecule has 0 aliphatic rings. The molecule has 3 rings (SSSR count). The van der Waals surface area contributed by atoms with Gasteiger partial charge in [-0.05, 0) is 59.1 Å². The molecule has 3 aromatic carbocycles. The van der Waals surface area contributed by atoms with E-state index in [0.717, 1.165) is 10.9 Å². The van der Waals surface area contributed by atoms with Crippen molar-refractivity contribution in [3.8, 4) is 5.75 Å². The number of ether oxygens (including phenoxy) is 1. The van der Waals surface area contributed by atoms with Crippen molar-refractivity contribution in [2.75, 3.05) is 13.2 Å². The van der Waals surface area contributed by atoms with Gasteiger partial charge in [-0.2, -0.15) is 22.0 Å². The topological polar surface area (TPSA) is 35.2 Å². The summed E-state index contributed by atoms with van der Waals surface area (Å²) in [5.74, 6) is -5.65. The van der Waals surface area contributed by atoms with Gasteiger partial charge in [0.1, 0.15) is 11.6 Å². The molecule has 0 aliphatic carbocycles. The molecule has 1 atom stereocenters. The molecule has 0 amide bonds. The number of hydrogen-bond donors (Lipinski definition) is 1. The van der Waals surface area contributed by atoms with Crippen LogP contribution in [0.4, 0.5) is 26.3 Å². The van der Waals surface area contributed by atoms with Crippen molar-refractivity contribution in [2.45, 2.75) is 24.4 Å². The van der Waals surface area contributed by atoms with Crippen molar-refractivity contribution < 1.29 is 31.1 Å². The van der Waals surface area contributed by atoms with Gasteiger partial charge in [0.05, 0.1) is 0 Å². The van der Waals surface area contributed by atoms with Crippen LogP contribution in [0.1, 0.15) is 17.0 Å². The lowest BCUT2D eigenvalue weighted by Gasteiger charge is -2.20. The van der Waals surface area contributed by atoms with Gasteiger partial charge < -0.3 is 10.5 Å². The number of fused-ring (bicyclic) bond motifs is 1. The van der Waals surface area contributed by atoms with Crippen LogP contribution in [0.2, 0.25) is 0 Å². The third kappa shape index (κ3) is 4.87. The highest BCUT2D eigenvalue weighted by Crippen LogP contribution is 2.36. The second-order valence-corrected chi connectivity index (χ2v) is 6.99. The summed E-state index contributed by atoms with van der Waals surface area (Å²) in [5, 5.41) is 1.56. The van der Waals surface area contributed by atoms with Crippen LogP contribution in [0.5, 0.6) is 5.75 Å². The first kappa shape index (κ1) is 22.0. The zero-order valence-corrected chi connectivity index (χ0v) is 15.7. The highest BCUT2D eigenvalue weighted by Gasteiger charge is 2.58. The van der Waals surface area contributed by atoms with Gasteiger partial charge >= 0.3 is 12.1 Å². The van der Waals surface area contributed by atoms with Gasteiger partial charge in [0, 0.05) is 5.92 Å². The lowest BCUT2D eigenvalue weighted by molar-refractivity contribution is -0.290. The van der Waals surface area contributed by atoms with Crippen LogP contribution in [0, 0.1) is 5.82 Å². The summed E-state index contributed by atoms with van der Waals surface area (Å²) in [6.45, 7) is -1.57. The third-order valence-electron chi connectivity index (χ3n) is 4.82.